The van der Waals surface area contributed by atoms with Gasteiger partial charge >= 0.3 is 0 Å². The maximum Gasteiger partial charge on any atom is 0.224 e. The average Bonchev–Trinajstić information content (AvgIpc) is 2.23. The zero-order chi connectivity index (χ0) is 11.4. The largest absolute Gasteiger partial charge is 0.356 e. The molecule has 4 heteroatoms. The highest BCUT2D eigenvalue weighted by Crippen LogP contribution is 2.21. The minimum Gasteiger partial charge on any atom is -0.356 e. The van der Waals surface area contributed by atoms with Crippen LogP contribution in [0.5, 0.6) is 0 Å². The standard InChI is InChI=1S/C11H18ClN3/c1-5-9(6-2)15(4)10-8(3)7-13-11(12)14-10/h7,9H,5-6H2,1-4H3. The molecule has 0 saturated carbocycles. The zero-order valence-electron chi connectivity index (χ0n) is 9.79. The van der Waals surface area contributed by atoms with Crippen LogP contribution < -0.4 is 4.90 Å². The van der Waals surface area contributed by atoms with Gasteiger partial charge in [0, 0.05) is 24.8 Å². The second-order valence-electron chi connectivity index (χ2n) is 3.73. The fourth-order valence-electron chi connectivity index (χ4n) is 1.78. The van der Waals surface area contributed by atoms with Gasteiger partial charge in [-0.15, -0.1) is 0 Å². The first kappa shape index (κ1) is 12.2. The lowest BCUT2D eigenvalue weighted by atomic mass is 10.1. The molecule has 3 nitrogen and oxygen atoms in total. The van der Waals surface area contributed by atoms with Gasteiger partial charge in [0.25, 0.3) is 0 Å². The molecule has 15 heavy (non-hydrogen) atoms. The van der Waals surface area contributed by atoms with Crippen LogP contribution >= 0.6 is 11.6 Å². The van der Waals surface area contributed by atoms with Gasteiger partial charge in [0.05, 0.1) is 0 Å². The van der Waals surface area contributed by atoms with E-state index in [2.05, 4.69) is 35.8 Å². The summed E-state index contributed by atoms with van der Waals surface area (Å²) >= 11 is 5.80. The summed E-state index contributed by atoms with van der Waals surface area (Å²) in [5.41, 5.74) is 1.06. The van der Waals surface area contributed by atoms with Gasteiger partial charge < -0.3 is 4.90 Å². The maximum atomic E-state index is 5.80. The van der Waals surface area contributed by atoms with E-state index >= 15 is 0 Å². The van der Waals surface area contributed by atoms with Crippen molar-refractivity contribution in [1.82, 2.24) is 9.97 Å². The van der Waals surface area contributed by atoms with Crippen LogP contribution in [0.3, 0.4) is 0 Å². The summed E-state index contributed by atoms with van der Waals surface area (Å²) in [6.45, 7) is 6.37. The number of aromatic nitrogens is 2. The highest BCUT2D eigenvalue weighted by molar-refractivity contribution is 6.28. The topological polar surface area (TPSA) is 29.0 Å². The molecule has 0 unspecified atom stereocenters. The fourth-order valence-corrected chi connectivity index (χ4v) is 1.91. The summed E-state index contributed by atoms with van der Waals surface area (Å²) in [5.74, 6) is 0.934. The predicted molar refractivity (Wildman–Crippen MR) is 64.6 cm³/mol. The third kappa shape index (κ3) is 2.81. The molecule has 0 N–H and O–H groups in total. The molecule has 1 aromatic heterocycles. The van der Waals surface area contributed by atoms with Crippen molar-refractivity contribution in [2.45, 2.75) is 39.7 Å². The van der Waals surface area contributed by atoms with Gasteiger partial charge in [-0.3, -0.25) is 0 Å². The molecule has 0 aliphatic rings. The van der Waals surface area contributed by atoms with Crippen LogP contribution in [0.2, 0.25) is 5.28 Å². The summed E-state index contributed by atoms with van der Waals surface area (Å²) < 4.78 is 0. The number of rotatable bonds is 4. The number of aryl methyl sites for hydroxylation is 1. The second-order valence-corrected chi connectivity index (χ2v) is 4.06. The van der Waals surface area contributed by atoms with E-state index in [1.807, 2.05) is 6.92 Å². The van der Waals surface area contributed by atoms with E-state index < -0.39 is 0 Å². The van der Waals surface area contributed by atoms with Crippen molar-refractivity contribution in [3.63, 3.8) is 0 Å². The van der Waals surface area contributed by atoms with E-state index in [0.29, 0.717) is 11.3 Å². The van der Waals surface area contributed by atoms with Crippen molar-refractivity contribution < 1.29 is 0 Å². The zero-order valence-corrected chi connectivity index (χ0v) is 10.5. The Morgan fingerprint density at radius 1 is 1.40 bits per heavy atom. The first-order chi connectivity index (χ1) is 7.10. The van der Waals surface area contributed by atoms with Crippen LogP contribution in [-0.2, 0) is 0 Å². The SMILES string of the molecule is CCC(CC)N(C)c1nc(Cl)ncc1C. The minimum absolute atomic E-state index is 0.313. The van der Waals surface area contributed by atoms with Crippen LogP contribution in [0.15, 0.2) is 6.20 Å². The third-order valence-corrected chi connectivity index (χ3v) is 2.92. The fraction of sp³-hybridized carbons (Fsp3) is 0.636. The van der Waals surface area contributed by atoms with Gasteiger partial charge in [-0.1, -0.05) is 13.8 Å². The van der Waals surface area contributed by atoms with E-state index in [1.54, 1.807) is 6.20 Å². The van der Waals surface area contributed by atoms with Crippen molar-refractivity contribution in [2.75, 3.05) is 11.9 Å². The molecule has 84 valence electrons. The van der Waals surface area contributed by atoms with Crippen molar-refractivity contribution in [2.24, 2.45) is 0 Å². The van der Waals surface area contributed by atoms with E-state index in [0.717, 1.165) is 24.2 Å². The molecule has 0 saturated heterocycles. The van der Waals surface area contributed by atoms with Gasteiger partial charge in [0.1, 0.15) is 5.82 Å². The second kappa shape index (κ2) is 5.31. The van der Waals surface area contributed by atoms with Crippen LogP contribution in [0.1, 0.15) is 32.3 Å². The Labute approximate surface area is 96.5 Å². The highest BCUT2D eigenvalue weighted by atomic mass is 35.5. The van der Waals surface area contributed by atoms with Crippen molar-refractivity contribution in [3.05, 3.63) is 17.0 Å². The lowest BCUT2D eigenvalue weighted by Gasteiger charge is -2.28. The van der Waals surface area contributed by atoms with Crippen molar-refractivity contribution in [1.29, 1.82) is 0 Å². The van der Waals surface area contributed by atoms with Crippen molar-refractivity contribution in [3.8, 4) is 0 Å². The average molecular weight is 228 g/mol. The van der Waals surface area contributed by atoms with Gasteiger partial charge in [0.2, 0.25) is 5.28 Å². The highest BCUT2D eigenvalue weighted by Gasteiger charge is 2.14. The normalized spacial score (nSPS) is 10.8. The molecule has 1 aromatic rings. The number of hydrogen-bond acceptors (Lipinski definition) is 3. The Morgan fingerprint density at radius 3 is 2.53 bits per heavy atom. The number of halogens is 1. The number of anilines is 1. The molecule has 0 atom stereocenters. The van der Waals surface area contributed by atoms with E-state index in [1.165, 1.54) is 0 Å². The Morgan fingerprint density at radius 2 is 2.00 bits per heavy atom. The van der Waals surface area contributed by atoms with Gasteiger partial charge in [-0.05, 0) is 31.4 Å². The molecule has 0 radical (unpaired) electrons. The lowest BCUT2D eigenvalue weighted by molar-refractivity contribution is 0.585. The van der Waals surface area contributed by atoms with Crippen LogP contribution in [0, 0.1) is 6.92 Å². The molecule has 0 fully saturated rings. The number of hydrogen-bond donors (Lipinski definition) is 0. The molecule has 0 aromatic carbocycles. The van der Waals surface area contributed by atoms with Gasteiger partial charge in [-0.2, -0.15) is 0 Å². The maximum absolute atomic E-state index is 5.80. The Hall–Kier alpha value is -0.830. The molecule has 0 aliphatic heterocycles. The summed E-state index contributed by atoms with van der Waals surface area (Å²) in [7, 11) is 2.06. The molecule has 0 aliphatic carbocycles. The summed E-state index contributed by atoms with van der Waals surface area (Å²) in [5, 5.41) is 0.313. The molecule has 0 spiro atoms. The first-order valence-corrected chi connectivity index (χ1v) is 5.69. The monoisotopic (exact) mass is 227 g/mol. The number of nitrogens with zero attached hydrogens (tertiary/aromatic N) is 3. The smallest absolute Gasteiger partial charge is 0.224 e. The third-order valence-electron chi connectivity index (χ3n) is 2.74. The predicted octanol–water partition coefficient (Wildman–Crippen LogP) is 3.06. The Balaban J connectivity index is 2.98. The quantitative estimate of drug-likeness (QED) is 0.741. The van der Waals surface area contributed by atoms with Gasteiger partial charge in [-0.25, -0.2) is 9.97 Å². The van der Waals surface area contributed by atoms with Crippen LogP contribution in [0.25, 0.3) is 0 Å². The molecule has 1 heterocycles. The lowest BCUT2D eigenvalue weighted by Crippen LogP contribution is -2.31. The Bertz CT molecular complexity index is 324. The summed E-state index contributed by atoms with van der Waals surface area (Å²) in [4.78, 5) is 10.4. The molecule has 1 rings (SSSR count). The molecule has 0 bridgehead atoms. The van der Waals surface area contributed by atoms with E-state index in [4.69, 9.17) is 11.6 Å². The van der Waals surface area contributed by atoms with Crippen LogP contribution in [0.4, 0.5) is 5.82 Å². The van der Waals surface area contributed by atoms with E-state index in [-0.39, 0.29) is 0 Å². The molecule has 0 amide bonds. The van der Waals surface area contributed by atoms with Crippen molar-refractivity contribution >= 4 is 17.4 Å². The summed E-state index contributed by atoms with van der Waals surface area (Å²) in [6.07, 6.45) is 3.98. The molecular weight excluding hydrogens is 210 g/mol. The van der Waals surface area contributed by atoms with Gasteiger partial charge in [0.15, 0.2) is 0 Å². The summed E-state index contributed by atoms with van der Waals surface area (Å²) in [6, 6.07) is 0.509. The Kier molecular flexibility index (Phi) is 4.33. The van der Waals surface area contributed by atoms with E-state index in [9.17, 15) is 0 Å². The van der Waals surface area contributed by atoms with Crippen LogP contribution in [-0.4, -0.2) is 23.1 Å². The first-order valence-electron chi connectivity index (χ1n) is 5.32. The molecular formula is C11H18ClN3. The minimum atomic E-state index is 0.313.